The molecule has 0 spiro atoms. The molecule has 0 fully saturated rings. The standard InChI is InChI=1S/C18H19NO2/c1-14(20)12-17(16-10-6-3-7-11-16)19-18(21)13-15-8-4-2-5-9-15/h2-11,17H,12-13H2,1H3,(H,19,21)/t17-/m0/s1. The van der Waals surface area contributed by atoms with Crippen molar-refractivity contribution in [2.45, 2.75) is 25.8 Å². The molecule has 0 saturated heterocycles. The predicted octanol–water partition coefficient (Wildman–Crippen LogP) is 3.07. The maximum Gasteiger partial charge on any atom is 0.224 e. The second kappa shape index (κ2) is 7.39. The van der Waals surface area contributed by atoms with E-state index in [9.17, 15) is 9.59 Å². The summed E-state index contributed by atoms with van der Waals surface area (Å²) in [5.41, 5.74) is 1.92. The summed E-state index contributed by atoms with van der Waals surface area (Å²) in [5, 5.41) is 2.95. The molecule has 0 bridgehead atoms. The molecule has 3 heteroatoms. The average Bonchev–Trinajstić information content (AvgIpc) is 2.48. The van der Waals surface area contributed by atoms with E-state index in [4.69, 9.17) is 0 Å². The molecule has 2 rings (SSSR count). The number of amides is 1. The highest BCUT2D eigenvalue weighted by Crippen LogP contribution is 2.17. The van der Waals surface area contributed by atoms with E-state index in [1.165, 1.54) is 0 Å². The van der Waals surface area contributed by atoms with Crippen molar-refractivity contribution in [3.05, 3.63) is 71.8 Å². The van der Waals surface area contributed by atoms with Crippen molar-refractivity contribution in [3.63, 3.8) is 0 Å². The third kappa shape index (κ3) is 4.88. The highest BCUT2D eigenvalue weighted by molar-refractivity contribution is 5.81. The number of benzene rings is 2. The van der Waals surface area contributed by atoms with E-state index >= 15 is 0 Å². The van der Waals surface area contributed by atoms with Gasteiger partial charge in [-0.15, -0.1) is 0 Å². The van der Waals surface area contributed by atoms with Gasteiger partial charge in [0, 0.05) is 6.42 Å². The van der Waals surface area contributed by atoms with Crippen LogP contribution in [0.1, 0.15) is 30.5 Å². The molecule has 0 unspecified atom stereocenters. The molecule has 1 N–H and O–H groups in total. The van der Waals surface area contributed by atoms with E-state index in [1.807, 2.05) is 60.7 Å². The number of hydrogen-bond donors (Lipinski definition) is 1. The number of ketones is 1. The minimum atomic E-state index is -0.264. The van der Waals surface area contributed by atoms with Crippen molar-refractivity contribution in [1.29, 1.82) is 0 Å². The van der Waals surface area contributed by atoms with E-state index in [-0.39, 0.29) is 17.7 Å². The van der Waals surface area contributed by atoms with Gasteiger partial charge < -0.3 is 5.32 Å². The highest BCUT2D eigenvalue weighted by atomic mass is 16.1. The van der Waals surface area contributed by atoms with Crippen LogP contribution in [-0.2, 0) is 16.0 Å². The number of carbonyl (C=O) groups is 2. The first-order chi connectivity index (χ1) is 10.1. The van der Waals surface area contributed by atoms with Gasteiger partial charge in [-0.05, 0) is 18.1 Å². The lowest BCUT2D eigenvalue weighted by atomic mass is 10.0. The van der Waals surface area contributed by atoms with Crippen molar-refractivity contribution in [1.82, 2.24) is 5.32 Å². The molecule has 0 saturated carbocycles. The van der Waals surface area contributed by atoms with Crippen molar-refractivity contribution in [3.8, 4) is 0 Å². The Morgan fingerprint density at radius 3 is 2.10 bits per heavy atom. The quantitative estimate of drug-likeness (QED) is 0.884. The lowest BCUT2D eigenvalue weighted by Crippen LogP contribution is -2.31. The summed E-state index contributed by atoms with van der Waals surface area (Å²) in [6, 6.07) is 18.9. The summed E-state index contributed by atoms with van der Waals surface area (Å²) < 4.78 is 0. The maximum absolute atomic E-state index is 12.2. The lowest BCUT2D eigenvalue weighted by molar-refractivity contribution is -0.122. The Morgan fingerprint density at radius 1 is 0.952 bits per heavy atom. The molecule has 0 aliphatic carbocycles. The van der Waals surface area contributed by atoms with E-state index < -0.39 is 0 Å². The van der Waals surface area contributed by atoms with Crippen LogP contribution in [0.25, 0.3) is 0 Å². The molecular formula is C18H19NO2. The molecule has 21 heavy (non-hydrogen) atoms. The Bertz CT molecular complexity index is 593. The maximum atomic E-state index is 12.2. The van der Waals surface area contributed by atoms with Gasteiger partial charge in [-0.2, -0.15) is 0 Å². The Morgan fingerprint density at radius 2 is 1.52 bits per heavy atom. The number of rotatable bonds is 6. The van der Waals surface area contributed by atoms with Crippen molar-refractivity contribution >= 4 is 11.7 Å². The SMILES string of the molecule is CC(=O)C[C@H](NC(=O)Cc1ccccc1)c1ccccc1. The Hall–Kier alpha value is -2.42. The van der Waals surface area contributed by atoms with E-state index in [1.54, 1.807) is 6.92 Å². The van der Waals surface area contributed by atoms with Crippen molar-refractivity contribution < 1.29 is 9.59 Å². The van der Waals surface area contributed by atoms with Gasteiger partial charge in [0.25, 0.3) is 0 Å². The molecular weight excluding hydrogens is 262 g/mol. The van der Waals surface area contributed by atoms with Crippen LogP contribution in [0, 0.1) is 0 Å². The van der Waals surface area contributed by atoms with Gasteiger partial charge in [-0.25, -0.2) is 0 Å². The second-order valence-electron chi connectivity index (χ2n) is 5.10. The zero-order chi connectivity index (χ0) is 15.1. The fraction of sp³-hybridized carbons (Fsp3) is 0.222. The number of carbonyl (C=O) groups excluding carboxylic acids is 2. The van der Waals surface area contributed by atoms with Crippen molar-refractivity contribution in [2.24, 2.45) is 0 Å². The van der Waals surface area contributed by atoms with Gasteiger partial charge in [0.15, 0.2) is 0 Å². The molecule has 0 aliphatic rings. The Labute approximate surface area is 125 Å². The first-order valence-electron chi connectivity index (χ1n) is 7.03. The molecule has 3 nitrogen and oxygen atoms in total. The van der Waals surface area contributed by atoms with E-state index in [2.05, 4.69) is 5.32 Å². The molecule has 108 valence electrons. The summed E-state index contributed by atoms with van der Waals surface area (Å²) >= 11 is 0. The summed E-state index contributed by atoms with van der Waals surface area (Å²) in [6.07, 6.45) is 0.632. The lowest BCUT2D eigenvalue weighted by Gasteiger charge is -2.18. The normalized spacial score (nSPS) is 11.7. The first kappa shape index (κ1) is 15.0. The summed E-state index contributed by atoms with van der Waals surface area (Å²) in [5.74, 6) is -0.0137. The molecule has 0 aromatic heterocycles. The first-order valence-corrected chi connectivity index (χ1v) is 7.03. The van der Waals surface area contributed by atoms with Crippen LogP contribution in [0.5, 0.6) is 0 Å². The van der Waals surface area contributed by atoms with Crippen LogP contribution in [0.15, 0.2) is 60.7 Å². The summed E-state index contributed by atoms with van der Waals surface area (Å²) in [7, 11) is 0. The van der Waals surface area contributed by atoms with Gasteiger partial charge in [0.2, 0.25) is 5.91 Å². The number of hydrogen-bond acceptors (Lipinski definition) is 2. The third-order valence-corrected chi connectivity index (χ3v) is 3.24. The van der Waals surface area contributed by atoms with Crippen LogP contribution in [-0.4, -0.2) is 11.7 Å². The minimum Gasteiger partial charge on any atom is -0.349 e. The zero-order valence-corrected chi connectivity index (χ0v) is 12.1. The average molecular weight is 281 g/mol. The Kier molecular flexibility index (Phi) is 5.27. The molecule has 0 heterocycles. The van der Waals surface area contributed by atoms with Crippen LogP contribution in [0.4, 0.5) is 0 Å². The van der Waals surface area contributed by atoms with Crippen LogP contribution in [0.3, 0.4) is 0 Å². The predicted molar refractivity (Wildman–Crippen MR) is 82.8 cm³/mol. The van der Waals surface area contributed by atoms with Gasteiger partial charge in [-0.1, -0.05) is 60.7 Å². The largest absolute Gasteiger partial charge is 0.349 e. The molecule has 1 atom stereocenters. The highest BCUT2D eigenvalue weighted by Gasteiger charge is 2.16. The second-order valence-corrected chi connectivity index (χ2v) is 5.10. The van der Waals surface area contributed by atoms with Gasteiger partial charge in [-0.3, -0.25) is 9.59 Å². The summed E-state index contributed by atoms with van der Waals surface area (Å²) in [6.45, 7) is 1.54. The third-order valence-electron chi connectivity index (χ3n) is 3.24. The number of Topliss-reactive ketones (excluding diaryl/α,β-unsaturated/α-hetero) is 1. The minimum absolute atomic E-state index is 0.0591. The van der Waals surface area contributed by atoms with Crippen molar-refractivity contribution in [2.75, 3.05) is 0 Å². The van der Waals surface area contributed by atoms with Gasteiger partial charge in [0.05, 0.1) is 12.5 Å². The van der Waals surface area contributed by atoms with Crippen LogP contribution >= 0.6 is 0 Å². The summed E-state index contributed by atoms with van der Waals surface area (Å²) in [4.78, 5) is 23.6. The molecule has 0 radical (unpaired) electrons. The molecule has 2 aromatic rings. The van der Waals surface area contributed by atoms with Crippen LogP contribution < -0.4 is 5.32 Å². The molecule has 1 amide bonds. The molecule has 2 aromatic carbocycles. The fourth-order valence-electron chi connectivity index (χ4n) is 2.25. The monoisotopic (exact) mass is 281 g/mol. The smallest absolute Gasteiger partial charge is 0.224 e. The topological polar surface area (TPSA) is 46.2 Å². The fourth-order valence-corrected chi connectivity index (χ4v) is 2.25. The molecule has 0 aliphatic heterocycles. The van der Waals surface area contributed by atoms with E-state index in [0.717, 1.165) is 11.1 Å². The van der Waals surface area contributed by atoms with Gasteiger partial charge >= 0.3 is 0 Å². The van der Waals surface area contributed by atoms with Crippen LogP contribution in [0.2, 0.25) is 0 Å². The number of nitrogens with one attached hydrogen (secondary N) is 1. The Balaban J connectivity index is 2.05. The van der Waals surface area contributed by atoms with Gasteiger partial charge in [0.1, 0.15) is 5.78 Å². The zero-order valence-electron chi connectivity index (χ0n) is 12.1. The van der Waals surface area contributed by atoms with E-state index in [0.29, 0.717) is 12.8 Å².